The van der Waals surface area contributed by atoms with Gasteiger partial charge in [-0.2, -0.15) is 0 Å². The maximum absolute atomic E-state index is 12.2. The molecule has 1 heterocycles. The summed E-state index contributed by atoms with van der Waals surface area (Å²) < 4.78 is 10.7. The van der Waals surface area contributed by atoms with Gasteiger partial charge in [-0.3, -0.25) is 4.79 Å². The average molecular weight is 313 g/mol. The van der Waals surface area contributed by atoms with Crippen LogP contribution in [0.15, 0.2) is 59.0 Å². The minimum absolute atomic E-state index is 0.190. The Balaban J connectivity index is 1.84. The second-order valence-electron chi connectivity index (χ2n) is 4.76. The second kappa shape index (κ2) is 6.08. The lowest BCUT2D eigenvalue weighted by Crippen LogP contribution is -1.90. The fraction of sp³-hybridized carbons (Fsp3) is 0.0556. The van der Waals surface area contributed by atoms with Crippen molar-refractivity contribution in [1.29, 1.82) is 0 Å². The highest BCUT2D eigenvalue weighted by Gasteiger charge is 2.10. The third kappa shape index (κ3) is 3.05. The number of hydrogen-bond donors (Lipinski definition) is 0. The monoisotopic (exact) mass is 312 g/mol. The Morgan fingerprint density at radius 1 is 1.14 bits per heavy atom. The number of ketones is 1. The molecule has 3 aromatic rings. The molecule has 110 valence electrons. The first-order chi connectivity index (χ1) is 10.7. The molecule has 0 atom stereocenters. The highest BCUT2D eigenvalue weighted by molar-refractivity contribution is 6.30. The summed E-state index contributed by atoms with van der Waals surface area (Å²) in [5.74, 6) is 0.836. The van der Waals surface area contributed by atoms with Crippen molar-refractivity contribution in [3.05, 3.63) is 71.0 Å². The number of fused-ring (bicyclic) bond motifs is 1. The van der Waals surface area contributed by atoms with Crippen LogP contribution in [0.4, 0.5) is 0 Å². The van der Waals surface area contributed by atoms with E-state index >= 15 is 0 Å². The van der Waals surface area contributed by atoms with Gasteiger partial charge in [0.1, 0.15) is 11.3 Å². The number of ether oxygens (including phenoxy) is 1. The Morgan fingerprint density at radius 2 is 1.91 bits per heavy atom. The second-order valence-corrected chi connectivity index (χ2v) is 5.20. The van der Waals surface area contributed by atoms with Crippen LogP contribution in [0.1, 0.15) is 16.1 Å². The van der Waals surface area contributed by atoms with Gasteiger partial charge in [0.05, 0.1) is 7.11 Å². The number of methoxy groups -OCH3 is 1. The molecule has 0 bridgehead atoms. The zero-order valence-electron chi connectivity index (χ0n) is 11.9. The molecule has 0 N–H and O–H groups in total. The van der Waals surface area contributed by atoms with E-state index in [9.17, 15) is 4.79 Å². The molecule has 2 aromatic carbocycles. The SMILES string of the molecule is COc1ccc2oc(C(=O)C=Cc3ccc(Cl)cc3)cc2c1. The summed E-state index contributed by atoms with van der Waals surface area (Å²) in [6, 6.07) is 14.4. The lowest BCUT2D eigenvalue weighted by atomic mass is 10.1. The molecule has 0 fully saturated rings. The number of furan rings is 1. The molecule has 0 aliphatic rings. The molecule has 0 spiro atoms. The fourth-order valence-corrected chi connectivity index (χ4v) is 2.22. The highest BCUT2D eigenvalue weighted by Crippen LogP contribution is 2.24. The molecule has 1 aromatic heterocycles. The van der Waals surface area contributed by atoms with E-state index in [0.717, 1.165) is 16.7 Å². The van der Waals surface area contributed by atoms with Crippen molar-refractivity contribution in [2.24, 2.45) is 0 Å². The summed E-state index contributed by atoms with van der Waals surface area (Å²) >= 11 is 5.82. The van der Waals surface area contributed by atoms with Crippen molar-refractivity contribution in [3.8, 4) is 5.75 Å². The minimum Gasteiger partial charge on any atom is -0.497 e. The highest BCUT2D eigenvalue weighted by atomic mass is 35.5. The van der Waals surface area contributed by atoms with Crippen molar-refractivity contribution >= 4 is 34.4 Å². The van der Waals surface area contributed by atoms with E-state index in [4.69, 9.17) is 20.8 Å². The number of carbonyl (C=O) groups excluding carboxylic acids is 1. The molecule has 4 heteroatoms. The first-order valence-electron chi connectivity index (χ1n) is 6.71. The minimum atomic E-state index is -0.190. The van der Waals surface area contributed by atoms with Crippen LogP contribution < -0.4 is 4.74 Å². The summed E-state index contributed by atoms with van der Waals surface area (Å²) in [4.78, 5) is 12.2. The largest absolute Gasteiger partial charge is 0.497 e. The Hall–Kier alpha value is -2.52. The van der Waals surface area contributed by atoms with Gasteiger partial charge in [0.15, 0.2) is 5.76 Å². The number of allylic oxidation sites excluding steroid dienone is 1. The van der Waals surface area contributed by atoms with E-state index in [1.54, 1.807) is 43.5 Å². The predicted molar refractivity (Wildman–Crippen MR) is 87.6 cm³/mol. The standard InChI is InChI=1S/C18H13ClO3/c1-21-15-7-9-17-13(10-15)11-18(22-17)16(20)8-4-12-2-5-14(19)6-3-12/h2-11H,1H3. The van der Waals surface area contributed by atoms with Crippen LogP contribution in [0.5, 0.6) is 5.75 Å². The Bertz CT molecular complexity index is 844. The van der Waals surface area contributed by atoms with Crippen LogP contribution in [0, 0.1) is 0 Å². The van der Waals surface area contributed by atoms with E-state index < -0.39 is 0 Å². The van der Waals surface area contributed by atoms with Crippen molar-refractivity contribution < 1.29 is 13.9 Å². The van der Waals surface area contributed by atoms with Crippen molar-refractivity contribution in [3.63, 3.8) is 0 Å². The maximum atomic E-state index is 12.2. The molecule has 22 heavy (non-hydrogen) atoms. The van der Waals surface area contributed by atoms with E-state index in [0.29, 0.717) is 16.4 Å². The first kappa shape index (κ1) is 14.4. The normalized spacial score (nSPS) is 11.2. The molecule has 0 unspecified atom stereocenters. The predicted octanol–water partition coefficient (Wildman–Crippen LogP) is 4.99. The van der Waals surface area contributed by atoms with Crippen molar-refractivity contribution in [2.75, 3.05) is 7.11 Å². The summed E-state index contributed by atoms with van der Waals surface area (Å²) in [5, 5.41) is 1.50. The number of halogens is 1. The van der Waals surface area contributed by atoms with Gasteiger partial charge in [0.25, 0.3) is 0 Å². The quantitative estimate of drug-likeness (QED) is 0.503. The van der Waals surface area contributed by atoms with Crippen LogP contribution in [-0.2, 0) is 0 Å². The maximum Gasteiger partial charge on any atom is 0.221 e. The molecular formula is C18H13ClO3. The third-order valence-electron chi connectivity index (χ3n) is 3.26. The number of carbonyl (C=O) groups is 1. The van der Waals surface area contributed by atoms with Crippen molar-refractivity contribution in [2.45, 2.75) is 0 Å². The molecule has 0 saturated carbocycles. The van der Waals surface area contributed by atoms with Gasteiger partial charge in [-0.05, 0) is 48.0 Å². The number of benzene rings is 2. The zero-order chi connectivity index (χ0) is 15.5. The first-order valence-corrected chi connectivity index (χ1v) is 7.09. The van der Waals surface area contributed by atoms with Crippen LogP contribution in [0.25, 0.3) is 17.0 Å². The molecule has 0 radical (unpaired) electrons. The Labute approximate surface area is 132 Å². The molecule has 0 aliphatic carbocycles. The van der Waals surface area contributed by atoms with E-state index in [-0.39, 0.29) is 5.78 Å². The number of hydrogen-bond acceptors (Lipinski definition) is 3. The Kier molecular flexibility index (Phi) is 3.98. The summed E-state index contributed by atoms with van der Waals surface area (Å²) in [7, 11) is 1.60. The molecule has 0 aliphatic heterocycles. The van der Waals surface area contributed by atoms with Crippen LogP contribution in [0.2, 0.25) is 5.02 Å². The molecule has 3 nitrogen and oxygen atoms in total. The van der Waals surface area contributed by atoms with Gasteiger partial charge < -0.3 is 9.15 Å². The Morgan fingerprint density at radius 3 is 2.64 bits per heavy atom. The molecule has 0 saturated heterocycles. The van der Waals surface area contributed by atoms with E-state index in [2.05, 4.69) is 0 Å². The topological polar surface area (TPSA) is 39.4 Å². The smallest absolute Gasteiger partial charge is 0.221 e. The molecular weight excluding hydrogens is 300 g/mol. The lowest BCUT2D eigenvalue weighted by Gasteiger charge is -1.96. The molecule has 3 rings (SSSR count). The fourth-order valence-electron chi connectivity index (χ4n) is 2.10. The summed E-state index contributed by atoms with van der Waals surface area (Å²) in [6.07, 6.45) is 3.21. The van der Waals surface area contributed by atoms with Crippen LogP contribution >= 0.6 is 11.6 Å². The summed E-state index contributed by atoms with van der Waals surface area (Å²) in [6.45, 7) is 0. The van der Waals surface area contributed by atoms with E-state index in [1.807, 2.05) is 18.2 Å². The van der Waals surface area contributed by atoms with Gasteiger partial charge in [0, 0.05) is 10.4 Å². The average Bonchev–Trinajstić information content (AvgIpc) is 2.97. The molecule has 0 amide bonds. The van der Waals surface area contributed by atoms with Crippen LogP contribution in [0.3, 0.4) is 0 Å². The third-order valence-corrected chi connectivity index (χ3v) is 3.52. The number of rotatable bonds is 4. The van der Waals surface area contributed by atoms with Crippen molar-refractivity contribution in [1.82, 2.24) is 0 Å². The van der Waals surface area contributed by atoms with Gasteiger partial charge in [-0.25, -0.2) is 0 Å². The van der Waals surface area contributed by atoms with Gasteiger partial charge in [-0.15, -0.1) is 0 Å². The lowest BCUT2D eigenvalue weighted by molar-refractivity contribution is 0.102. The van der Waals surface area contributed by atoms with Crippen LogP contribution in [-0.4, -0.2) is 12.9 Å². The zero-order valence-corrected chi connectivity index (χ0v) is 12.6. The van der Waals surface area contributed by atoms with Gasteiger partial charge in [-0.1, -0.05) is 29.8 Å². The van der Waals surface area contributed by atoms with Gasteiger partial charge in [0.2, 0.25) is 5.78 Å². The van der Waals surface area contributed by atoms with Gasteiger partial charge >= 0.3 is 0 Å². The van der Waals surface area contributed by atoms with E-state index in [1.165, 1.54) is 6.08 Å². The summed E-state index contributed by atoms with van der Waals surface area (Å²) in [5.41, 5.74) is 1.56.